The van der Waals surface area contributed by atoms with Crippen LogP contribution in [0.25, 0.3) is 6.08 Å². The average molecular weight is 231 g/mol. The summed E-state index contributed by atoms with van der Waals surface area (Å²) in [5.41, 5.74) is 3.50. The Labute approximate surface area is 99.3 Å². The van der Waals surface area contributed by atoms with Crippen molar-refractivity contribution >= 4 is 29.4 Å². The summed E-state index contributed by atoms with van der Waals surface area (Å²) in [5, 5.41) is 0.00134. The Balaban J connectivity index is 2.24. The highest BCUT2D eigenvalue weighted by molar-refractivity contribution is 7.99. The Kier molecular flexibility index (Phi) is 2.28. The van der Waals surface area contributed by atoms with E-state index in [1.54, 1.807) is 11.8 Å². The topological polar surface area (TPSA) is 20.3 Å². The summed E-state index contributed by atoms with van der Waals surface area (Å²) >= 11 is 1.63. The van der Waals surface area contributed by atoms with Crippen LogP contribution in [0.3, 0.4) is 0 Å². The summed E-state index contributed by atoms with van der Waals surface area (Å²) in [6.45, 7) is 0.816. The van der Waals surface area contributed by atoms with Gasteiger partial charge >= 0.3 is 0 Å². The van der Waals surface area contributed by atoms with Gasteiger partial charge in [0.1, 0.15) is 5.25 Å². The fourth-order valence-electron chi connectivity index (χ4n) is 2.49. The Bertz CT molecular complexity index is 481. The molecular weight excluding hydrogens is 218 g/mol. The molecule has 0 aromatic heterocycles. The number of para-hydroxylation sites is 1. The minimum absolute atomic E-state index is 0.00134. The second-order valence-corrected chi connectivity index (χ2v) is 5.02. The average Bonchev–Trinajstić information content (AvgIpc) is 2.48. The molecule has 16 heavy (non-hydrogen) atoms. The van der Waals surface area contributed by atoms with Crippen LogP contribution in [0.1, 0.15) is 22.8 Å². The molecule has 1 aromatic carbocycles. The molecule has 2 aliphatic heterocycles. The Morgan fingerprint density at radius 3 is 3.12 bits per heavy atom. The fraction of sp³-hybridized carbons (Fsp3) is 0.308. The van der Waals surface area contributed by atoms with Crippen LogP contribution < -0.4 is 4.90 Å². The summed E-state index contributed by atoms with van der Waals surface area (Å²) in [6, 6.07) is 6.21. The van der Waals surface area contributed by atoms with Gasteiger partial charge in [-0.3, -0.25) is 4.79 Å². The normalized spacial score (nSPS) is 22.2. The molecule has 0 fully saturated rings. The van der Waals surface area contributed by atoms with Gasteiger partial charge in [-0.15, -0.1) is 11.8 Å². The molecule has 0 saturated heterocycles. The summed E-state index contributed by atoms with van der Waals surface area (Å²) in [7, 11) is 0. The van der Waals surface area contributed by atoms with Crippen molar-refractivity contribution in [1.82, 2.24) is 0 Å². The molecule has 0 spiro atoms. The van der Waals surface area contributed by atoms with Gasteiger partial charge in [0, 0.05) is 6.54 Å². The number of benzene rings is 1. The van der Waals surface area contributed by atoms with E-state index in [0.29, 0.717) is 0 Å². The first-order valence-corrected chi connectivity index (χ1v) is 6.75. The fourth-order valence-corrected chi connectivity index (χ4v) is 3.26. The van der Waals surface area contributed by atoms with Crippen LogP contribution in [0.15, 0.2) is 24.3 Å². The van der Waals surface area contributed by atoms with E-state index < -0.39 is 0 Å². The van der Waals surface area contributed by atoms with Gasteiger partial charge < -0.3 is 4.90 Å². The lowest BCUT2D eigenvalue weighted by Crippen LogP contribution is -2.28. The maximum atomic E-state index is 12.2. The molecule has 0 N–H and O–H groups in total. The third-order valence-corrected chi connectivity index (χ3v) is 4.12. The third-order valence-electron chi connectivity index (χ3n) is 3.19. The van der Waals surface area contributed by atoms with Gasteiger partial charge in [-0.1, -0.05) is 30.4 Å². The summed E-state index contributed by atoms with van der Waals surface area (Å²) in [4.78, 5) is 14.2. The first-order valence-electron chi connectivity index (χ1n) is 5.46. The molecule has 2 heterocycles. The SMILES string of the molecule is CSC1C(=O)N2CCC=Cc3cccc1c32. The van der Waals surface area contributed by atoms with E-state index in [2.05, 4.69) is 24.3 Å². The lowest BCUT2D eigenvalue weighted by Gasteiger charge is -2.16. The number of carbonyl (C=O) groups excluding carboxylic acids is 1. The smallest absolute Gasteiger partial charge is 0.244 e. The number of nitrogens with zero attached hydrogens (tertiary/aromatic N) is 1. The van der Waals surface area contributed by atoms with E-state index in [0.717, 1.165) is 18.7 Å². The first-order chi connectivity index (χ1) is 7.83. The molecule has 0 aliphatic carbocycles. The van der Waals surface area contributed by atoms with Crippen LogP contribution in [0.4, 0.5) is 5.69 Å². The number of hydrogen-bond donors (Lipinski definition) is 0. The molecular formula is C13H13NOS. The zero-order valence-electron chi connectivity index (χ0n) is 9.14. The maximum absolute atomic E-state index is 12.2. The number of anilines is 1. The molecule has 2 aliphatic rings. The van der Waals surface area contributed by atoms with Crippen LogP contribution in [0.2, 0.25) is 0 Å². The first kappa shape index (κ1) is 9.97. The minimum atomic E-state index is 0.00134. The second-order valence-electron chi connectivity index (χ2n) is 4.08. The van der Waals surface area contributed by atoms with Crippen molar-refractivity contribution in [3.05, 3.63) is 35.4 Å². The van der Waals surface area contributed by atoms with Gasteiger partial charge in [0.15, 0.2) is 0 Å². The molecule has 82 valence electrons. The highest BCUT2D eigenvalue weighted by Gasteiger charge is 2.37. The van der Waals surface area contributed by atoms with Gasteiger partial charge in [-0.05, 0) is 23.8 Å². The molecule has 0 radical (unpaired) electrons. The lowest BCUT2D eigenvalue weighted by atomic mass is 10.1. The summed E-state index contributed by atoms with van der Waals surface area (Å²) in [5.74, 6) is 0.249. The van der Waals surface area contributed by atoms with Crippen molar-refractivity contribution in [2.45, 2.75) is 11.7 Å². The van der Waals surface area contributed by atoms with E-state index in [1.165, 1.54) is 11.1 Å². The highest BCUT2D eigenvalue weighted by Crippen LogP contribution is 2.45. The Hall–Kier alpha value is -1.22. The van der Waals surface area contributed by atoms with E-state index in [4.69, 9.17) is 0 Å². The van der Waals surface area contributed by atoms with Gasteiger partial charge in [-0.2, -0.15) is 0 Å². The zero-order chi connectivity index (χ0) is 11.1. The quantitative estimate of drug-likeness (QED) is 0.740. The van der Waals surface area contributed by atoms with Crippen LogP contribution in [-0.2, 0) is 4.79 Å². The van der Waals surface area contributed by atoms with Gasteiger partial charge in [0.05, 0.1) is 5.69 Å². The van der Waals surface area contributed by atoms with Crippen LogP contribution in [-0.4, -0.2) is 18.7 Å². The largest absolute Gasteiger partial charge is 0.310 e. The highest BCUT2D eigenvalue weighted by atomic mass is 32.2. The monoisotopic (exact) mass is 231 g/mol. The van der Waals surface area contributed by atoms with Gasteiger partial charge in [-0.25, -0.2) is 0 Å². The van der Waals surface area contributed by atoms with Crippen LogP contribution >= 0.6 is 11.8 Å². The van der Waals surface area contributed by atoms with Gasteiger partial charge in [0.2, 0.25) is 5.91 Å². The molecule has 1 unspecified atom stereocenters. The molecule has 1 aromatic rings. The Morgan fingerprint density at radius 2 is 2.31 bits per heavy atom. The number of amides is 1. The zero-order valence-corrected chi connectivity index (χ0v) is 9.96. The van der Waals surface area contributed by atoms with Crippen molar-refractivity contribution in [3.63, 3.8) is 0 Å². The van der Waals surface area contributed by atoms with E-state index in [9.17, 15) is 4.79 Å². The van der Waals surface area contributed by atoms with E-state index in [-0.39, 0.29) is 11.2 Å². The molecule has 0 bridgehead atoms. The van der Waals surface area contributed by atoms with E-state index in [1.807, 2.05) is 17.2 Å². The Morgan fingerprint density at radius 1 is 1.44 bits per heavy atom. The predicted molar refractivity (Wildman–Crippen MR) is 68.7 cm³/mol. The second kappa shape index (κ2) is 3.67. The predicted octanol–water partition coefficient (Wildman–Crippen LogP) is 2.85. The van der Waals surface area contributed by atoms with Crippen LogP contribution in [0, 0.1) is 0 Å². The lowest BCUT2D eigenvalue weighted by molar-refractivity contribution is -0.117. The third kappa shape index (κ3) is 1.24. The molecule has 1 amide bonds. The van der Waals surface area contributed by atoms with Crippen LogP contribution in [0.5, 0.6) is 0 Å². The molecule has 3 heteroatoms. The molecule has 3 rings (SSSR count). The van der Waals surface area contributed by atoms with E-state index >= 15 is 0 Å². The van der Waals surface area contributed by atoms with Crippen molar-refractivity contribution in [3.8, 4) is 0 Å². The number of thioether (sulfide) groups is 1. The van der Waals surface area contributed by atoms with Gasteiger partial charge in [0.25, 0.3) is 0 Å². The van der Waals surface area contributed by atoms with Crippen molar-refractivity contribution in [2.24, 2.45) is 0 Å². The van der Waals surface area contributed by atoms with Crippen molar-refractivity contribution in [1.29, 1.82) is 0 Å². The maximum Gasteiger partial charge on any atom is 0.244 e. The summed E-state index contributed by atoms with van der Waals surface area (Å²) < 4.78 is 0. The minimum Gasteiger partial charge on any atom is -0.310 e. The number of hydrogen-bond acceptors (Lipinski definition) is 2. The number of carbonyl (C=O) groups is 1. The number of rotatable bonds is 1. The molecule has 0 saturated carbocycles. The standard InChI is InChI=1S/C13H13NOS/c1-16-12-10-7-4-6-9-5-2-3-8-14(11(9)10)13(12)15/h2,4-7,12H,3,8H2,1H3. The van der Waals surface area contributed by atoms with Crippen molar-refractivity contribution in [2.75, 3.05) is 17.7 Å². The molecule has 1 atom stereocenters. The van der Waals surface area contributed by atoms with Crippen molar-refractivity contribution < 1.29 is 4.79 Å². The summed E-state index contributed by atoms with van der Waals surface area (Å²) in [6.07, 6.45) is 7.23. The molecule has 2 nitrogen and oxygen atoms in total.